The lowest BCUT2D eigenvalue weighted by atomic mass is 10.0. The summed E-state index contributed by atoms with van der Waals surface area (Å²) in [6, 6.07) is 0. The van der Waals surface area contributed by atoms with Gasteiger partial charge in [0, 0.05) is 11.8 Å². The standard InChI is InChI=1S/C10H18N4S/c1-2-6-14-9(7-11)12-13-10(14)15-8-4-3-5-8/h8H,2-7,11H2,1H3. The number of thioether (sulfide) groups is 1. The zero-order valence-corrected chi connectivity index (χ0v) is 9.96. The van der Waals surface area contributed by atoms with Crippen LogP contribution in [0.4, 0.5) is 0 Å². The zero-order valence-electron chi connectivity index (χ0n) is 9.15. The molecule has 1 aliphatic rings. The van der Waals surface area contributed by atoms with Gasteiger partial charge in [-0.25, -0.2) is 0 Å². The molecule has 1 aromatic rings. The second kappa shape index (κ2) is 4.99. The summed E-state index contributed by atoms with van der Waals surface area (Å²) in [5.41, 5.74) is 5.64. The minimum absolute atomic E-state index is 0.484. The maximum atomic E-state index is 5.64. The molecule has 1 fully saturated rings. The molecular weight excluding hydrogens is 208 g/mol. The number of hydrogen-bond donors (Lipinski definition) is 1. The molecule has 0 radical (unpaired) electrons. The molecule has 84 valence electrons. The molecule has 0 spiro atoms. The summed E-state index contributed by atoms with van der Waals surface area (Å²) in [5, 5.41) is 10.2. The maximum Gasteiger partial charge on any atom is 0.191 e. The van der Waals surface area contributed by atoms with E-state index in [-0.39, 0.29) is 0 Å². The Bertz CT molecular complexity index is 319. The molecular formula is C10H18N4S. The molecule has 4 nitrogen and oxygen atoms in total. The first-order valence-corrected chi connectivity index (χ1v) is 6.52. The Kier molecular flexibility index (Phi) is 3.64. The molecule has 1 aromatic heterocycles. The van der Waals surface area contributed by atoms with E-state index in [0.717, 1.165) is 29.2 Å². The second-order valence-corrected chi connectivity index (χ2v) is 5.19. The van der Waals surface area contributed by atoms with E-state index in [1.807, 2.05) is 11.8 Å². The van der Waals surface area contributed by atoms with E-state index in [1.165, 1.54) is 19.3 Å². The van der Waals surface area contributed by atoms with Gasteiger partial charge < -0.3 is 10.3 Å². The van der Waals surface area contributed by atoms with Crippen LogP contribution < -0.4 is 5.73 Å². The summed E-state index contributed by atoms with van der Waals surface area (Å²) >= 11 is 1.87. The molecule has 1 saturated carbocycles. The highest BCUT2D eigenvalue weighted by Crippen LogP contribution is 2.35. The van der Waals surface area contributed by atoms with Gasteiger partial charge in [-0.2, -0.15) is 0 Å². The van der Waals surface area contributed by atoms with Gasteiger partial charge in [0.05, 0.1) is 6.54 Å². The summed E-state index contributed by atoms with van der Waals surface area (Å²) in [5.74, 6) is 0.915. The molecule has 1 aliphatic carbocycles. The Balaban J connectivity index is 2.09. The predicted octanol–water partition coefficient (Wildman–Crippen LogP) is 1.79. The van der Waals surface area contributed by atoms with Crippen molar-refractivity contribution >= 4 is 11.8 Å². The summed E-state index contributed by atoms with van der Waals surface area (Å²) in [6.07, 6.45) is 5.11. The Morgan fingerprint density at radius 3 is 2.80 bits per heavy atom. The molecule has 0 saturated heterocycles. The highest BCUT2D eigenvalue weighted by molar-refractivity contribution is 7.99. The van der Waals surface area contributed by atoms with E-state index in [0.29, 0.717) is 6.54 Å². The first kappa shape index (κ1) is 11.0. The van der Waals surface area contributed by atoms with E-state index in [2.05, 4.69) is 21.7 Å². The van der Waals surface area contributed by atoms with E-state index >= 15 is 0 Å². The van der Waals surface area contributed by atoms with Crippen LogP contribution in [0.25, 0.3) is 0 Å². The molecule has 0 bridgehead atoms. The third-order valence-electron chi connectivity index (χ3n) is 2.75. The minimum Gasteiger partial charge on any atom is -0.324 e. The number of aromatic nitrogens is 3. The van der Waals surface area contributed by atoms with Crippen molar-refractivity contribution in [2.75, 3.05) is 0 Å². The monoisotopic (exact) mass is 226 g/mol. The lowest BCUT2D eigenvalue weighted by Gasteiger charge is -2.24. The molecule has 0 amide bonds. The van der Waals surface area contributed by atoms with Crippen molar-refractivity contribution in [3.63, 3.8) is 0 Å². The van der Waals surface area contributed by atoms with Crippen molar-refractivity contribution in [3.8, 4) is 0 Å². The zero-order chi connectivity index (χ0) is 10.7. The fourth-order valence-corrected chi connectivity index (χ4v) is 2.92. The summed E-state index contributed by atoms with van der Waals surface area (Å²) in [7, 11) is 0. The highest BCUT2D eigenvalue weighted by Gasteiger charge is 2.22. The van der Waals surface area contributed by atoms with Gasteiger partial charge in [0.15, 0.2) is 5.16 Å². The van der Waals surface area contributed by atoms with Gasteiger partial charge in [-0.05, 0) is 19.3 Å². The SMILES string of the molecule is CCCn1c(CN)nnc1SC1CCC1. The Labute approximate surface area is 94.6 Å². The van der Waals surface area contributed by atoms with Crippen LogP contribution in [0.1, 0.15) is 38.4 Å². The first-order chi connectivity index (χ1) is 7.35. The van der Waals surface area contributed by atoms with E-state index in [9.17, 15) is 0 Å². The Morgan fingerprint density at radius 2 is 2.27 bits per heavy atom. The smallest absolute Gasteiger partial charge is 0.191 e. The van der Waals surface area contributed by atoms with Crippen molar-refractivity contribution in [2.45, 2.75) is 56.1 Å². The van der Waals surface area contributed by atoms with Gasteiger partial charge in [-0.1, -0.05) is 25.1 Å². The highest BCUT2D eigenvalue weighted by atomic mass is 32.2. The molecule has 0 aromatic carbocycles. The predicted molar refractivity (Wildman–Crippen MR) is 61.7 cm³/mol. The Hall–Kier alpha value is -0.550. The molecule has 5 heteroatoms. The lowest BCUT2D eigenvalue weighted by Crippen LogP contribution is -2.15. The van der Waals surface area contributed by atoms with Crippen molar-refractivity contribution < 1.29 is 0 Å². The molecule has 0 aliphatic heterocycles. The lowest BCUT2D eigenvalue weighted by molar-refractivity contribution is 0.517. The second-order valence-electron chi connectivity index (χ2n) is 3.93. The van der Waals surface area contributed by atoms with Crippen molar-refractivity contribution in [2.24, 2.45) is 5.73 Å². The summed E-state index contributed by atoms with van der Waals surface area (Å²) in [4.78, 5) is 0. The van der Waals surface area contributed by atoms with E-state index < -0.39 is 0 Å². The fraction of sp³-hybridized carbons (Fsp3) is 0.800. The van der Waals surface area contributed by atoms with Gasteiger partial charge in [0.25, 0.3) is 0 Å². The van der Waals surface area contributed by atoms with Crippen molar-refractivity contribution in [1.29, 1.82) is 0 Å². The third-order valence-corrected chi connectivity index (χ3v) is 4.07. The quantitative estimate of drug-likeness (QED) is 0.831. The van der Waals surface area contributed by atoms with Gasteiger partial charge in [0.2, 0.25) is 0 Å². The molecule has 0 atom stereocenters. The number of hydrogen-bond acceptors (Lipinski definition) is 4. The van der Waals surface area contributed by atoms with Crippen LogP contribution in [0, 0.1) is 0 Å². The van der Waals surface area contributed by atoms with Gasteiger partial charge in [-0.15, -0.1) is 10.2 Å². The number of nitrogens with two attached hydrogens (primary N) is 1. The third kappa shape index (κ3) is 2.34. The maximum absolute atomic E-state index is 5.64. The van der Waals surface area contributed by atoms with Gasteiger partial charge in [-0.3, -0.25) is 0 Å². The van der Waals surface area contributed by atoms with Crippen LogP contribution >= 0.6 is 11.8 Å². The number of nitrogens with zero attached hydrogens (tertiary/aromatic N) is 3. The van der Waals surface area contributed by atoms with Crippen molar-refractivity contribution in [1.82, 2.24) is 14.8 Å². The molecule has 15 heavy (non-hydrogen) atoms. The molecule has 0 unspecified atom stereocenters. The number of rotatable bonds is 5. The topological polar surface area (TPSA) is 56.7 Å². The minimum atomic E-state index is 0.484. The molecule has 2 N–H and O–H groups in total. The van der Waals surface area contributed by atoms with Crippen LogP contribution in [-0.4, -0.2) is 20.0 Å². The van der Waals surface area contributed by atoms with Crippen molar-refractivity contribution in [3.05, 3.63) is 5.82 Å². The normalized spacial score (nSPS) is 16.7. The largest absolute Gasteiger partial charge is 0.324 e. The average Bonchev–Trinajstić information content (AvgIpc) is 2.55. The summed E-state index contributed by atoms with van der Waals surface area (Å²) < 4.78 is 2.17. The first-order valence-electron chi connectivity index (χ1n) is 5.64. The van der Waals surface area contributed by atoms with Gasteiger partial charge >= 0.3 is 0 Å². The van der Waals surface area contributed by atoms with Crippen LogP contribution in [0.15, 0.2) is 5.16 Å². The van der Waals surface area contributed by atoms with E-state index in [1.54, 1.807) is 0 Å². The van der Waals surface area contributed by atoms with E-state index in [4.69, 9.17) is 5.73 Å². The van der Waals surface area contributed by atoms with Crippen LogP contribution in [0.3, 0.4) is 0 Å². The van der Waals surface area contributed by atoms with Crippen LogP contribution in [0.2, 0.25) is 0 Å². The van der Waals surface area contributed by atoms with Crippen LogP contribution in [0.5, 0.6) is 0 Å². The summed E-state index contributed by atoms with van der Waals surface area (Å²) in [6.45, 7) is 3.63. The fourth-order valence-electron chi connectivity index (χ4n) is 1.64. The van der Waals surface area contributed by atoms with Crippen LogP contribution in [-0.2, 0) is 13.1 Å². The molecule has 2 rings (SSSR count). The Morgan fingerprint density at radius 1 is 1.47 bits per heavy atom. The van der Waals surface area contributed by atoms with Gasteiger partial charge in [0.1, 0.15) is 5.82 Å². The molecule has 1 heterocycles. The average molecular weight is 226 g/mol.